The number of benzene rings is 1. The smallest absolute Gasteiger partial charge is 0.407 e. The molecule has 3 fully saturated rings. The Labute approximate surface area is 287 Å². The second-order valence-electron chi connectivity index (χ2n) is 15.6. The fraction of sp³-hybridized carbons (Fsp3) is 0.571. The van der Waals surface area contributed by atoms with Gasteiger partial charge >= 0.3 is 6.09 Å². The average Bonchev–Trinajstić information content (AvgIpc) is 3.94. The number of alkyl carbamates (subject to hydrolysis) is 1. The summed E-state index contributed by atoms with van der Waals surface area (Å²) in [6.07, 6.45) is 2.80. The molecule has 5 rings (SSSR count). The summed E-state index contributed by atoms with van der Waals surface area (Å²) in [5.74, 6) is -2.20. The zero-order valence-electron chi connectivity index (χ0n) is 28.9. The van der Waals surface area contributed by atoms with Crippen molar-refractivity contribution in [3.8, 4) is 5.88 Å². The fourth-order valence-electron chi connectivity index (χ4n) is 5.99. The second kappa shape index (κ2) is 13.3. The van der Waals surface area contributed by atoms with E-state index in [9.17, 15) is 27.6 Å². The number of hydrogen-bond acceptors (Lipinski definition) is 9. The number of fused-ring (bicyclic) bond motifs is 1. The van der Waals surface area contributed by atoms with Crippen molar-refractivity contribution in [1.82, 2.24) is 25.2 Å². The van der Waals surface area contributed by atoms with Crippen LogP contribution in [0.25, 0.3) is 10.8 Å². The first-order valence-electron chi connectivity index (χ1n) is 16.6. The maximum atomic E-state index is 14.4. The molecule has 3 N–H and O–H groups in total. The summed E-state index contributed by atoms with van der Waals surface area (Å²) in [7, 11) is -3.88. The van der Waals surface area contributed by atoms with Gasteiger partial charge in [0.05, 0.1) is 18.4 Å². The molecule has 2 saturated carbocycles. The number of carbonyl (C=O) groups is 4. The van der Waals surface area contributed by atoms with Crippen LogP contribution in [0.2, 0.25) is 0 Å². The van der Waals surface area contributed by atoms with E-state index in [4.69, 9.17) is 9.47 Å². The lowest BCUT2D eigenvalue weighted by Gasteiger charge is -2.35. The molecule has 2 aliphatic carbocycles. The van der Waals surface area contributed by atoms with Gasteiger partial charge in [0, 0.05) is 23.9 Å². The highest BCUT2D eigenvalue weighted by molar-refractivity contribution is 7.91. The van der Waals surface area contributed by atoms with Crippen LogP contribution >= 0.6 is 0 Å². The molecule has 0 spiro atoms. The van der Waals surface area contributed by atoms with E-state index in [0.29, 0.717) is 18.7 Å². The Hall–Kier alpha value is -4.20. The van der Waals surface area contributed by atoms with Crippen LogP contribution in [0, 0.1) is 16.7 Å². The Bertz CT molecular complexity index is 1740. The Balaban J connectivity index is 1.42. The first-order chi connectivity index (χ1) is 22.8. The number of nitrogens with zero attached hydrogens (tertiary/aromatic N) is 2. The van der Waals surface area contributed by atoms with E-state index in [0.717, 1.165) is 10.8 Å². The normalized spacial score (nSPS) is 24.4. The van der Waals surface area contributed by atoms with Crippen molar-refractivity contribution in [2.75, 3.05) is 13.2 Å². The molecule has 266 valence electrons. The minimum atomic E-state index is -3.88. The Kier molecular flexibility index (Phi) is 9.76. The molecule has 14 heteroatoms. The number of aromatic nitrogens is 1. The van der Waals surface area contributed by atoms with Gasteiger partial charge < -0.3 is 25.0 Å². The topological polar surface area (TPSA) is 173 Å². The molecule has 4 amide bonds. The summed E-state index contributed by atoms with van der Waals surface area (Å²) in [6, 6.07) is 7.17. The average molecular weight is 698 g/mol. The van der Waals surface area contributed by atoms with Crippen LogP contribution in [0.15, 0.2) is 49.2 Å². The molecule has 13 nitrogen and oxygen atoms in total. The number of ether oxygens (including phenoxy) is 2. The number of carbonyl (C=O) groups excluding carboxylic acids is 4. The van der Waals surface area contributed by atoms with Crippen LogP contribution in [-0.4, -0.2) is 84.2 Å². The predicted molar refractivity (Wildman–Crippen MR) is 183 cm³/mol. The summed E-state index contributed by atoms with van der Waals surface area (Å²) in [5.41, 5.74) is -2.63. The molecule has 1 saturated heterocycles. The van der Waals surface area contributed by atoms with E-state index < -0.39 is 74.1 Å². The third kappa shape index (κ3) is 8.17. The number of hydrogen-bond donors (Lipinski definition) is 3. The Morgan fingerprint density at radius 3 is 2.41 bits per heavy atom. The standard InChI is InChI=1S/C35H47N5O8S/c1-8-22-18-35(22,31(43)39-49(45,46)24-13-14-24)38-28(41)26-17-23(48-29-25-12-10-9-11-21(25)15-16-36-29)19-40(26)30(42)27(34(5,6)7)37-32(44)47-20-33(2,3)4/h8-12,15-16,22-24,26-27H,1,13-14,17-20H2,2-7H3,(H,37,44)(H,38,41)(H,39,43)/t22-,23-,26+,27?,35-/m1/s1. The van der Waals surface area contributed by atoms with Crippen molar-refractivity contribution in [2.45, 2.75) is 96.2 Å². The van der Waals surface area contributed by atoms with Crippen LogP contribution in [0.4, 0.5) is 4.79 Å². The molecular formula is C35H47N5O8S. The van der Waals surface area contributed by atoms with E-state index in [1.165, 1.54) is 11.0 Å². The molecule has 0 bridgehead atoms. The summed E-state index contributed by atoms with van der Waals surface area (Å²) < 4.78 is 39.2. The molecule has 0 radical (unpaired) electrons. The third-order valence-corrected chi connectivity index (χ3v) is 10.8. The van der Waals surface area contributed by atoms with Crippen molar-refractivity contribution in [1.29, 1.82) is 0 Å². The molecule has 1 unspecified atom stereocenters. The Morgan fingerprint density at radius 2 is 1.80 bits per heavy atom. The van der Waals surface area contributed by atoms with Gasteiger partial charge in [0.15, 0.2) is 0 Å². The van der Waals surface area contributed by atoms with Gasteiger partial charge in [0.25, 0.3) is 5.91 Å². The third-order valence-electron chi connectivity index (χ3n) is 9.02. The summed E-state index contributed by atoms with van der Waals surface area (Å²) in [4.78, 5) is 60.6. The lowest BCUT2D eigenvalue weighted by Crippen LogP contribution is -2.60. The molecule has 1 aromatic carbocycles. The van der Waals surface area contributed by atoms with E-state index >= 15 is 0 Å². The molecule has 49 heavy (non-hydrogen) atoms. The summed E-state index contributed by atoms with van der Waals surface area (Å²) in [5, 5.41) is 6.51. The van der Waals surface area contributed by atoms with Gasteiger partial charge in [-0.1, -0.05) is 65.8 Å². The molecule has 5 atom stereocenters. The zero-order chi connectivity index (χ0) is 35.9. The predicted octanol–water partition coefficient (Wildman–Crippen LogP) is 3.44. The highest BCUT2D eigenvalue weighted by atomic mass is 32.2. The minimum absolute atomic E-state index is 0.0206. The monoisotopic (exact) mass is 697 g/mol. The number of likely N-dealkylation sites (tertiary alicyclic amines) is 1. The lowest BCUT2D eigenvalue weighted by molar-refractivity contribution is -0.142. The molecule has 1 aliphatic heterocycles. The molecule has 2 aromatic rings. The molecule has 2 heterocycles. The van der Waals surface area contributed by atoms with Crippen LogP contribution in [-0.2, 0) is 29.1 Å². The summed E-state index contributed by atoms with van der Waals surface area (Å²) in [6.45, 7) is 15.0. The highest BCUT2D eigenvalue weighted by Crippen LogP contribution is 2.45. The quantitative estimate of drug-likeness (QED) is 0.298. The van der Waals surface area contributed by atoms with Gasteiger partial charge in [0.1, 0.15) is 23.7 Å². The fourth-order valence-corrected chi connectivity index (χ4v) is 7.36. The van der Waals surface area contributed by atoms with Gasteiger partial charge in [-0.15, -0.1) is 6.58 Å². The molecular weight excluding hydrogens is 650 g/mol. The van der Waals surface area contributed by atoms with Crippen LogP contribution < -0.4 is 20.1 Å². The minimum Gasteiger partial charge on any atom is -0.472 e. The van der Waals surface area contributed by atoms with E-state index in [1.54, 1.807) is 27.0 Å². The van der Waals surface area contributed by atoms with Crippen molar-refractivity contribution in [3.63, 3.8) is 0 Å². The first-order valence-corrected chi connectivity index (χ1v) is 18.1. The van der Waals surface area contributed by atoms with Gasteiger partial charge in [-0.25, -0.2) is 18.2 Å². The SMILES string of the molecule is C=C[C@@H]1C[C@]1(NC(=O)[C@@H]1C[C@@H](Oc2nccc3ccccc23)CN1C(=O)C(NC(=O)OCC(C)(C)C)C(C)(C)C)C(=O)NS(=O)(=O)C1CC1. The van der Waals surface area contributed by atoms with E-state index in [-0.39, 0.29) is 31.4 Å². The van der Waals surface area contributed by atoms with Crippen LogP contribution in [0.5, 0.6) is 5.88 Å². The van der Waals surface area contributed by atoms with Crippen molar-refractivity contribution in [3.05, 3.63) is 49.2 Å². The highest BCUT2D eigenvalue weighted by Gasteiger charge is 2.62. The van der Waals surface area contributed by atoms with Gasteiger partial charge in [-0.3, -0.25) is 19.1 Å². The van der Waals surface area contributed by atoms with E-state index in [2.05, 4.69) is 26.9 Å². The number of sulfonamides is 1. The molecule has 3 aliphatic rings. The van der Waals surface area contributed by atoms with Gasteiger partial charge in [-0.05, 0) is 47.6 Å². The Morgan fingerprint density at radius 1 is 1.10 bits per heavy atom. The zero-order valence-corrected chi connectivity index (χ0v) is 29.8. The number of pyridine rings is 1. The van der Waals surface area contributed by atoms with Crippen LogP contribution in [0.3, 0.4) is 0 Å². The van der Waals surface area contributed by atoms with Crippen LogP contribution in [0.1, 0.15) is 67.2 Å². The largest absolute Gasteiger partial charge is 0.472 e. The van der Waals surface area contributed by atoms with Gasteiger partial charge in [0.2, 0.25) is 27.7 Å². The second-order valence-corrected chi connectivity index (χ2v) is 17.5. The van der Waals surface area contributed by atoms with Gasteiger partial charge in [-0.2, -0.15) is 0 Å². The maximum absolute atomic E-state index is 14.4. The molecule has 1 aromatic heterocycles. The first kappa shape index (κ1) is 36.1. The number of rotatable bonds is 11. The maximum Gasteiger partial charge on any atom is 0.407 e. The van der Waals surface area contributed by atoms with Crippen molar-refractivity contribution in [2.24, 2.45) is 16.7 Å². The number of nitrogens with one attached hydrogen (secondary N) is 3. The lowest BCUT2D eigenvalue weighted by atomic mass is 9.85. The number of amides is 4. The van der Waals surface area contributed by atoms with E-state index in [1.807, 2.05) is 51.1 Å². The van der Waals surface area contributed by atoms with Crippen molar-refractivity contribution < 1.29 is 37.1 Å². The summed E-state index contributed by atoms with van der Waals surface area (Å²) >= 11 is 0. The van der Waals surface area contributed by atoms with Crippen molar-refractivity contribution >= 4 is 44.6 Å².